The van der Waals surface area contributed by atoms with Gasteiger partial charge < -0.3 is 0 Å². The Morgan fingerprint density at radius 2 is 1.65 bits per heavy atom. The summed E-state index contributed by atoms with van der Waals surface area (Å²) in [6.07, 6.45) is 0. The Labute approximate surface area is 116 Å². The predicted octanol–water partition coefficient (Wildman–Crippen LogP) is 3.01. The van der Waals surface area contributed by atoms with Crippen LogP contribution in [0.4, 0.5) is 0 Å². The van der Waals surface area contributed by atoms with Crippen molar-refractivity contribution in [1.29, 1.82) is 0 Å². The van der Waals surface area contributed by atoms with Gasteiger partial charge >= 0.3 is 0 Å². The van der Waals surface area contributed by atoms with E-state index in [1.54, 1.807) is 12.1 Å². The lowest BCUT2D eigenvalue weighted by atomic mass is 10.0. The molecule has 0 spiro atoms. The van der Waals surface area contributed by atoms with Crippen molar-refractivity contribution in [2.75, 3.05) is 0 Å². The minimum atomic E-state index is -0.127. The van der Waals surface area contributed by atoms with Gasteiger partial charge in [0.15, 0.2) is 5.69 Å². The second-order valence-corrected chi connectivity index (χ2v) is 4.58. The SMILES string of the molecule is Cc1ccc(C(=O)c2n[nH]nc2-c2ccccc2)cc1. The van der Waals surface area contributed by atoms with E-state index in [1.807, 2.05) is 49.4 Å². The van der Waals surface area contributed by atoms with Crippen LogP contribution in [0, 0.1) is 6.92 Å². The van der Waals surface area contributed by atoms with Crippen LogP contribution in [0.25, 0.3) is 11.3 Å². The van der Waals surface area contributed by atoms with Crippen molar-refractivity contribution in [2.45, 2.75) is 6.92 Å². The second-order valence-electron chi connectivity index (χ2n) is 4.58. The lowest BCUT2D eigenvalue weighted by Gasteiger charge is -2.01. The number of benzene rings is 2. The first-order valence-corrected chi connectivity index (χ1v) is 6.33. The lowest BCUT2D eigenvalue weighted by Crippen LogP contribution is -2.03. The van der Waals surface area contributed by atoms with E-state index in [4.69, 9.17) is 0 Å². The van der Waals surface area contributed by atoms with Crippen molar-refractivity contribution in [3.05, 3.63) is 71.4 Å². The second kappa shape index (κ2) is 5.09. The molecule has 3 aromatic rings. The van der Waals surface area contributed by atoms with Gasteiger partial charge in [-0.15, -0.1) is 0 Å². The maximum atomic E-state index is 12.5. The number of ketones is 1. The molecule has 2 aromatic carbocycles. The summed E-state index contributed by atoms with van der Waals surface area (Å²) >= 11 is 0. The van der Waals surface area contributed by atoms with Crippen molar-refractivity contribution in [2.24, 2.45) is 0 Å². The van der Waals surface area contributed by atoms with Crippen LogP contribution in [0.5, 0.6) is 0 Å². The zero-order valence-electron chi connectivity index (χ0n) is 11.0. The topological polar surface area (TPSA) is 58.6 Å². The van der Waals surface area contributed by atoms with Gasteiger partial charge in [-0.05, 0) is 6.92 Å². The van der Waals surface area contributed by atoms with Gasteiger partial charge in [0, 0.05) is 11.1 Å². The van der Waals surface area contributed by atoms with Crippen LogP contribution < -0.4 is 0 Å². The largest absolute Gasteiger partial charge is 0.287 e. The summed E-state index contributed by atoms with van der Waals surface area (Å²) in [5, 5.41) is 10.6. The molecular weight excluding hydrogens is 250 g/mol. The number of hydrogen-bond acceptors (Lipinski definition) is 3. The minimum absolute atomic E-state index is 0.127. The molecule has 0 bridgehead atoms. The van der Waals surface area contributed by atoms with Gasteiger partial charge in [0.25, 0.3) is 0 Å². The molecular formula is C16H13N3O. The Kier molecular flexibility index (Phi) is 3.13. The summed E-state index contributed by atoms with van der Waals surface area (Å²) in [5.74, 6) is -0.127. The molecule has 1 N–H and O–H groups in total. The number of nitrogens with one attached hydrogen (secondary N) is 1. The van der Waals surface area contributed by atoms with E-state index >= 15 is 0 Å². The fourth-order valence-corrected chi connectivity index (χ4v) is 2.03. The number of aromatic amines is 1. The summed E-state index contributed by atoms with van der Waals surface area (Å²) in [6.45, 7) is 1.99. The summed E-state index contributed by atoms with van der Waals surface area (Å²) in [6, 6.07) is 17.0. The Balaban J connectivity index is 2.02. The lowest BCUT2D eigenvalue weighted by molar-refractivity contribution is 0.103. The first-order valence-electron chi connectivity index (χ1n) is 6.33. The predicted molar refractivity (Wildman–Crippen MR) is 76.4 cm³/mol. The summed E-state index contributed by atoms with van der Waals surface area (Å²) < 4.78 is 0. The average Bonchev–Trinajstić information content (AvgIpc) is 2.97. The van der Waals surface area contributed by atoms with Crippen molar-refractivity contribution in [3.8, 4) is 11.3 Å². The molecule has 0 aliphatic heterocycles. The Bertz CT molecular complexity index is 730. The van der Waals surface area contributed by atoms with Crippen molar-refractivity contribution >= 4 is 5.78 Å². The van der Waals surface area contributed by atoms with E-state index in [0.29, 0.717) is 17.0 Å². The molecule has 0 unspecified atom stereocenters. The van der Waals surface area contributed by atoms with Gasteiger partial charge in [0.05, 0.1) is 0 Å². The monoisotopic (exact) mass is 263 g/mol. The van der Waals surface area contributed by atoms with Crippen LogP contribution in [0.3, 0.4) is 0 Å². The number of aryl methyl sites for hydroxylation is 1. The standard InChI is InChI=1S/C16H13N3O/c1-11-7-9-13(10-8-11)16(20)15-14(17-19-18-15)12-5-3-2-4-6-12/h2-10H,1H3,(H,17,18,19). The van der Waals surface area contributed by atoms with E-state index in [9.17, 15) is 4.79 Å². The molecule has 1 heterocycles. The number of carbonyl (C=O) groups is 1. The number of carbonyl (C=O) groups excluding carboxylic acids is 1. The number of H-pyrrole nitrogens is 1. The molecule has 0 aliphatic rings. The third-order valence-electron chi connectivity index (χ3n) is 3.12. The smallest absolute Gasteiger partial charge is 0.215 e. The van der Waals surface area contributed by atoms with Gasteiger partial charge in [0.2, 0.25) is 5.78 Å². The summed E-state index contributed by atoms with van der Waals surface area (Å²) in [5.41, 5.74) is 3.53. The van der Waals surface area contributed by atoms with Crippen LogP contribution >= 0.6 is 0 Å². The maximum Gasteiger partial charge on any atom is 0.215 e. The van der Waals surface area contributed by atoms with E-state index in [2.05, 4.69) is 15.4 Å². The summed E-state index contributed by atoms with van der Waals surface area (Å²) in [7, 11) is 0. The first-order chi connectivity index (χ1) is 9.75. The van der Waals surface area contributed by atoms with Gasteiger partial charge in [-0.25, -0.2) is 0 Å². The molecule has 0 saturated carbocycles. The average molecular weight is 263 g/mol. The number of nitrogens with zero attached hydrogens (tertiary/aromatic N) is 2. The van der Waals surface area contributed by atoms with Gasteiger partial charge in [-0.1, -0.05) is 60.2 Å². The van der Waals surface area contributed by atoms with Crippen LogP contribution in [0.2, 0.25) is 0 Å². The highest BCUT2D eigenvalue weighted by atomic mass is 16.1. The minimum Gasteiger partial charge on any atom is -0.287 e. The first kappa shape index (κ1) is 12.3. The van der Waals surface area contributed by atoms with Crippen LogP contribution in [0.15, 0.2) is 54.6 Å². The number of rotatable bonds is 3. The molecule has 98 valence electrons. The third kappa shape index (κ3) is 2.23. The normalized spacial score (nSPS) is 10.4. The highest BCUT2D eigenvalue weighted by Gasteiger charge is 2.19. The van der Waals surface area contributed by atoms with Gasteiger partial charge in [-0.3, -0.25) is 4.79 Å². The van der Waals surface area contributed by atoms with E-state index in [0.717, 1.165) is 11.1 Å². The van der Waals surface area contributed by atoms with E-state index in [1.165, 1.54) is 0 Å². The third-order valence-corrected chi connectivity index (χ3v) is 3.12. The van der Waals surface area contributed by atoms with Gasteiger partial charge in [0.1, 0.15) is 5.69 Å². The quantitative estimate of drug-likeness (QED) is 0.739. The molecule has 0 saturated heterocycles. The molecule has 0 amide bonds. The molecule has 4 heteroatoms. The fourth-order valence-electron chi connectivity index (χ4n) is 2.03. The molecule has 20 heavy (non-hydrogen) atoms. The van der Waals surface area contributed by atoms with E-state index in [-0.39, 0.29) is 5.78 Å². The highest BCUT2D eigenvalue weighted by molar-refractivity contribution is 6.10. The Hall–Kier alpha value is -2.75. The zero-order chi connectivity index (χ0) is 13.9. The van der Waals surface area contributed by atoms with Crippen molar-refractivity contribution in [1.82, 2.24) is 15.4 Å². The molecule has 4 nitrogen and oxygen atoms in total. The van der Waals surface area contributed by atoms with Crippen molar-refractivity contribution in [3.63, 3.8) is 0 Å². The van der Waals surface area contributed by atoms with Crippen molar-refractivity contribution < 1.29 is 4.79 Å². The zero-order valence-corrected chi connectivity index (χ0v) is 11.0. The van der Waals surface area contributed by atoms with Gasteiger partial charge in [-0.2, -0.15) is 15.4 Å². The molecule has 0 atom stereocenters. The van der Waals surface area contributed by atoms with Crippen LogP contribution in [-0.2, 0) is 0 Å². The number of hydrogen-bond donors (Lipinski definition) is 1. The molecule has 0 aliphatic carbocycles. The Morgan fingerprint density at radius 1 is 0.950 bits per heavy atom. The van der Waals surface area contributed by atoms with E-state index < -0.39 is 0 Å². The molecule has 3 rings (SSSR count). The van der Waals surface area contributed by atoms with Crippen LogP contribution in [-0.4, -0.2) is 21.2 Å². The Morgan fingerprint density at radius 3 is 2.35 bits per heavy atom. The molecule has 0 fully saturated rings. The molecule has 1 aromatic heterocycles. The maximum absolute atomic E-state index is 12.5. The number of aromatic nitrogens is 3. The fraction of sp³-hybridized carbons (Fsp3) is 0.0625. The molecule has 0 radical (unpaired) electrons. The van der Waals surface area contributed by atoms with Crippen LogP contribution in [0.1, 0.15) is 21.6 Å². The highest BCUT2D eigenvalue weighted by Crippen LogP contribution is 2.21. The summed E-state index contributed by atoms with van der Waals surface area (Å²) in [4.78, 5) is 12.5.